The lowest BCUT2D eigenvalue weighted by Gasteiger charge is -2.24. The number of hydrogen-bond donors (Lipinski definition) is 1. The molecular formula is C18H20F2N4O. The Labute approximate surface area is 145 Å². The molecule has 0 radical (unpaired) electrons. The summed E-state index contributed by atoms with van der Waals surface area (Å²) in [7, 11) is 0. The normalized spacial score (nSPS) is 15.0. The number of nitrogens with zero attached hydrogens (tertiary/aromatic N) is 3. The number of hydrogen-bond acceptors (Lipinski definition) is 3. The maximum Gasteiger partial charge on any atom is 0.323 e. The number of carbonyl (C=O) groups excluding carboxylic acids is 1. The van der Waals surface area contributed by atoms with Crippen LogP contribution < -0.4 is 10.2 Å². The Balaban J connectivity index is 1.61. The molecule has 7 heteroatoms. The van der Waals surface area contributed by atoms with Gasteiger partial charge in [-0.25, -0.2) is 18.6 Å². The van der Waals surface area contributed by atoms with E-state index in [0.29, 0.717) is 37.7 Å². The molecule has 0 aliphatic carbocycles. The van der Waals surface area contributed by atoms with Crippen LogP contribution in [0.4, 0.5) is 25.1 Å². The van der Waals surface area contributed by atoms with Crippen LogP contribution in [0.2, 0.25) is 0 Å². The van der Waals surface area contributed by atoms with Crippen molar-refractivity contribution in [2.45, 2.75) is 13.3 Å². The molecule has 1 aromatic carbocycles. The van der Waals surface area contributed by atoms with Gasteiger partial charge in [-0.2, -0.15) is 0 Å². The number of rotatable bonds is 2. The Bertz CT molecular complexity index is 751. The van der Waals surface area contributed by atoms with Gasteiger partial charge in [0.05, 0.1) is 0 Å². The Kier molecular flexibility index (Phi) is 5.11. The van der Waals surface area contributed by atoms with E-state index in [1.54, 1.807) is 23.2 Å². The molecule has 0 bridgehead atoms. The molecule has 3 rings (SSSR count). The average Bonchev–Trinajstić information content (AvgIpc) is 2.85. The van der Waals surface area contributed by atoms with Gasteiger partial charge >= 0.3 is 6.03 Å². The number of aromatic nitrogens is 1. The fraction of sp³-hybridized carbons (Fsp3) is 0.333. The Morgan fingerprint density at radius 1 is 1.08 bits per heavy atom. The molecule has 0 atom stereocenters. The predicted molar refractivity (Wildman–Crippen MR) is 92.8 cm³/mol. The lowest BCUT2D eigenvalue weighted by molar-refractivity contribution is 0.215. The summed E-state index contributed by atoms with van der Waals surface area (Å²) in [5.74, 6) is -1.20. The molecule has 0 spiro atoms. The molecule has 5 nitrogen and oxygen atoms in total. The fourth-order valence-electron chi connectivity index (χ4n) is 2.79. The van der Waals surface area contributed by atoms with Gasteiger partial charge in [0.1, 0.15) is 5.82 Å². The summed E-state index contributed by atoms with van der Waals surface area (Å²) in [6.45, 7) is 4.26. The van der Waals surface area contributed by atoms with Gasteiger partial charge in [0.2, 0.25) is 0 Å². The zero-order valence-corrected chi connectivity index (χ0v) is 14.0. The number of nitrogens with one attached hydrogen (secondary N) is 1. The monoisotopic (exact) mass is 346 g/mol. The first-order chi connectivity index (χ1) is 12.0. The zero-order chi connectivity index (χ0) is 17.8. The zero-order valence-electron chi connectivity index (χ0n) is 14.0. The molecule has 2 amide bonds. The van der Waals surface area contributed by atoms with Crippen molar-refractivity contribution in [3.8, 4) is 0 Å². The van der Waals surface area contributed by atoms with Gasteiger partial charge in [-0.1, -0.05) is 6.07 Å². The van der Waals surface area contributed by atoms with E-state index in [2.05, 4.69) is 10.3 Å². The minimum atomic E-state index is -0.859. The van der Waals surface area contributed by atoms with Crippen molar-refractivity contribution in [3.63, 3.8) is 0 Å². The summed E-state index contributed by atoms with van der Waals surface area (Å²) in [6, 6.07) is 7.33. The second-order valence-corrected chi connectivity index (χ2v) is 6.08. The van der Waals surface area contributed by atoms with E-state index in [-0.39, 0.29) is 6.03 Å². The van der Waals surface area contributed by atoms with Gasteiger partial charge in [0, 0.05) is 44.1 Å². The van der Waals surface area contributed by atoms with E-state index >= 15 is 0 Å². The van der Waals surface area contributed by atoms with E-state index in [1.165, 1.54) is 6.07 Å². The van der Waals surface area contributed by atoms with Gasteiger partial charge in [-0.15, -0.1) is 0 Å². The summed E-state index contributed by atoms with van der Waals surface area (Å²) < 4.78 is 26.5. The number of anilines is 2. The molecule has 1 aliphatic rings. The minimum Gasteiger partial charge on any atom is -0.370 e. The molecule has 132 valence electrons. The summed E-state index contributed by atoms with van der Waals surface area (Å²) >= 11 is 0. The maximum absolute atomic E-state index is 13.4. The Hall–Kier alpha value is -2.70. The highest BCUT2D eigenvalue weighted by atomic mass is 19.2. The van der Waals surface area contributed by atoms with Crippen molar-refractivity contribution in [1.29, 1.82) is 0 Å². The lowest BCUT2D eigenvalue weighted by atomic mass is 10.2. The van der Waals surface area contributed by atoms with Crippen LogP contribution in [0.3, 0.4) is 0 Å². The van der Waals surface area contributed by atoms with Crippen LogP contribution in [-0.4, -0.2) is 42.1 Å². The third-order valence-electron chi connectivity index (χ3n) is 4.20. The number of aryl methyl sites for hydroxylation is 1. The number of amides is 2. The topological polar surface area (TPSA) is 48.5 Å². The fourth-order valence-corrected chi connectivity index (χ4v) is 2.79. The molecule has 1 N–H and O–H groups in total. The molecule has 2 aromatic rings. The molecule has 2 heterocycles. The minimum absolute atomic E-state index is 0.205. The first-order valence-electron chi connectivity index (χ1n) is 8.21. The van der Waals surface area contributed by atoms with Crippen molar-refractivity contribution in [1.82, 2.24) is 9.88 Å². The van der Waals surface area contributed by atoms with Crippen LogP contribution >= 0.6 is 0 Å². The van der Waals surface area contributed by atoms with Gasteiger partial charge in [-0.05, 0) is 37.1 Å². The summed E-state index contributed by atoms with van der Waals surface area (Å²) in [5.41, 5.74) is 1.65. The number of halogens is 2. The molecule has 0 saturated carbocycles. The smallest absolute Gasteiger partial charge is 0.323 e. The summed E-state index contributed by atoms with van der Waals surface area (Å²) in [4.78, 5) is 20.2. The first kappa shape index (κ1) is 17.1. The van der Waals surface area contributed by atoms with E-state index in [9.17, 15) is 13.6 Å². The number of benzene rings is 1. The van der Waals surface area contributed by atoms with Crippen LogP contribution in [0, 0.1) is 18.6 Å². The van der Waals surface area contributed by atoms with Crippen molar-refractivity contribution in [2.24, 2.45) is 0 Å². The summed E-state index contributed by atoms with van der Waals surface area (Å²) in [6.07, 6.45) is 2.44. The third kappa shape index (κ3) is 4.23. The molecule has 1 aromatic heterocycles. The van der Waals surface area contributed by atoms with Gasteiger partial charge in [0.15, 0.2) is 11.6 Å². The third-order valence-corrected chi connectivity index (χ3v) is 4.20. The van der Waals surface area contributed by atoms with Crippen molar-refractivity contribution in [2.75, 3.05) is 36.4 Å². The molecule has 0 unspecified atom stereocenters. The van der Waals surface area contributed by atoms with E-state index in [1.807, 2.05) is 17.9 Å². The Morgan fingerprint density at radius 3 is 2.64 bits per heavy atom. The van der Waals surface area contributed by atoms with Crippen LogP contribution in [0.15, 0.2) is 36.5 Å². The number of pyridine rings is 1. The van der Waals surface area contributed by atoms with Crippen LogP contribution in [0.5, 0.6) is 0 Å². The first-order valence-corrected chi connectivity index (χ1v) is 8.21. The van der Waals surface area contributed by atoms with Gasteiger partial charge in [-0.3, -0.25) is 5.32 Å². The largest absolute Gasteiger partial charge is 0.370 e. The van der Waals surface area contributed by atoms with Crippen molar-refractivity contribution < 1.29 is 13.6 Å². The average molecular weight is 346 g/mol. The lowest BCUT2D eigenvalue weighted by Crippen LogP contribution is -2.38. The predicted octanol–water partition coefficient (Wildman–Crippen LogP) is 3.41. The maximum atomic E-state index is 13.4. The highest BCUT2D eigenvalue weighted by molar-refractivity contribution is 5.88. The van der Waals surface area contributed by atoms with E-state index < -0.39 is 11.6 Å². The molecule has 1 saturated heterocycles. The molecule has 25 heavy (non-hydrogen) atoms. The Morgan fingerprint density at radius 2 is 1.92 bits per heavy atom. The van der Waals surface area contributed by atoms with Crippen LogP contribution in [0.25, 0.3) is 0 Å². The second kappa shape index (κ2) is 7.46. The molecule has 1 fully saturated rings. The van der Waals surface area contributed by atoms with Crippen molar-refractivity contribution >= 4 is 17.5 Å². The molecular weight excluding hydrogens is 326 g/mol. The summed E-state index contributed by atoms with van der Waals surface area (Å²) in [5, 5.41) is 2.79. The van der Waals surface area contributed by atoms with E-state index in [0.717, 1.165) is 18.1 Å². The standard InChI is InChI=1S/C18H20F2N4O/c1-13-3-6-17(21-12-13)22-18(25)24-8-2-7-23(9-10-24)14-4-5-15(19)16(20)11-14/h3-6,11-12H,2,7-10H2,1H3,(H,21,22,25). The molecule has 1 aliphatic heterocycles. The number of urea groups is 1. The van der Waals surface area contributed by atoms with Gasteiger partial charge in [0.25, 0.3) is 0 Å². The van der Waals surface area contributed by atoms with Gasteiger partial charge < -0.3 is 9.80 Å². The second-order valence-electron chi connectivity index (χ2n) is 6.08. The SMILES string of the molecule is Cc1ccc(NC(=O)N2CCCN(c3ccc(F)c(F)c3)CC2)nc1. The van der Waals surface area contributed by atoms with Crippen molar-refractivity contribution in [3.05, 3.63) is 53.7 Å². The highest BCUT2D eigenvalue weighted by Crippen LogP contribution is 2.20. The van der Waals surface area contributed by atoms with E-state index in [4.69, 9.17) is 0 Å². The highest BCUT2D eigenvalue weighted by Gasteiger charge is 2.20. The quantitative estimate of drug-likeness (QED) is 0.906. The van der Waals surface area contributed by atoms with Crippen LogP contribution in [0.1, 0.15) is 12.0 Å². The van der Waals surface area contributed by atoms with Crippen LogP contribution in [-0.2, 0) is 0 Å². The number of carbonyl (C=O) groups is 1.